The van der Waals surface area contributed by atoms with Crippen molar-refractivity contribution in [1.82, 2.24) is 0 Å². The number of rotatable bonds is 15. The summed E-state index contributed by atoms with van der Waals surface area (Å²) in [5.74, 6) is 8.49. The Hall–Kier alpha value is -4.44. The van der Waals surface area contributed by atoms with Crippen molar-refractivity contribution in [2.75, 3.05) is 13.2 Å². The molecule has 0 aromatic carbocycles. The van der Waals surface area contributed by atoms with E-state index >= 15 is 0 Å². The van der Waals surface area contributed by atoms with Gasteiger partial charge >= 0.3 is 23.9 Å². The van der Waals surface area contributed by atoms with Gasteiger partial charge in [0.2, 0.25) is 0 Å². The van der Waals surface area contributed by atoms with E-state index in [1.165, 1.54) is 139 Å². The number of allylic oxidation sites excluding steroid dienone is 5. The van der Waals surface area contributed by atoms with Gasteiger partial charge in [-0.1, -0.05) is 130 Å². The largest absolute Gasteiger partial charge is 0.463 e. The maximum atomic E-state index is 12.3. The molecule has 16 unspecified atom stereocenters. The molecule has 18 aliphatic carbocycles. The molecule has 46 atom stereocenters. The number of fused-ring (bicyclic) bond motifs is 23. The lowest BCUT2D eigenvalue weighted by Gasteiger charge is -2.63. The molecular weight excluding hydrogens is 1790 g/mol. The molecule has 18 saturated carbocycles. The van der Waals surface area contributed by atoms with Gasteiger partial charge in [-0.2, -0.15) is 0 Å². The minimum Gasteiger partial charge on any atom is -0.463 e. The number of aliphatic hydroxyl groups is 5. The monoisotopic (exact) mass is 1990 g/mol. The van der Waals surface area contributed by atoms with E-state index in [1.54, 1.807) is 0 Å². The highest BCUT2D eigenvalue weighted by atomic mass is 16.8. The van der Waals surface area contributed by atoms with Crippen LogP contribution in [0, 0.1) is 202 Å². The van der Waals surface area contributed by atoms with E-state index in [2.05, 4.69) is 164 Å². The van der Waals surface area contributed by atoms with Crippen LogP contribution in [-0.4, -0.2) is 154 Å². The lowest BCUT2D eigenvalue weighted by Crippen LogP contribution is -2.64. The predicted molar refractivity (Wildman–Crippen MR) is 558 cm³/mol. The molecule has 19 heteroatoms. The van der Waals surface area contributed by atoms with Gasteiger partial charge in [0.1, 0.15) is 37.0 Å². The van der Waals surface area contributed by atoms with Crippen molar-refractivity contribution in [3.05, 3.63) is 60.8 Å². The van der Waals surface area contributed by atoms with Crippen LogP contribution in [0.3, 0.4) is 0 Å². The summed E-state index contributed by atoms with van der Waals surface area (Å²) in [5.41, 5.74) is 8.17. The Labute approximate surface area is 862 Å². The summed E-state index contributed by atoms with van der Waals surface area (Å²) in [6.45, 7) is 71.2. The normalized spacial score (nSPS) is 50.9. The Bertz CT molecular complexity index is 4670. The molecule has 143 heavy (non-hydrogen) atoms. The molecule has 0 amide bonds. The topological polar surface area (TPSA) is 277 Å². The Morgan fingerprint density at radius 1 is 0.287 bits per heavy atom. The van der Waals surface area contributed by atoms with Crippen molar-refractivity contribution in [2.24, 2.45) is 202 Å². The molecule has 2 saturated heterocycles. The third-order valence-corrected chi connectivity index (χ3v) is 48.1. The molecule has 0 bridgehead atoms. The number of hydrogen-bond donors (Lipinski definition) is 5. The quantitative estimate of drug-likeness (QED) is 0.0441. The number of esters is 4. The summed E-state index contributed by atoms with van der Waals surface area (Å²) < 4.78 is 48.7. The maximum absolute atomic E-state index is 12.3. The highest BCUT2D eigenvalue weighted by Gasteiger charge is 2.73. The zero-order valence-corrected chi connectivity index (χ0v) is 93.1. The van der Waals surface area contributed by atoms with E-state index in [1.807, 2.05) is 0 Å². The Balaban J connectivity index is 0.000000128. The van der Waals surface area contributed by atoms with E-state index in [4.69, 9.17) is 37.9 Å². The number of carbonyl (C=O) groups is 6. The zero-order valence-electron chi connectivity index (χ0n) is 93.1. The van der Waals surface area contributed by atoms with Crippen molar-refractivity contribution < 1.29 is 92.2 Å². The minimum absolute atomic E-state index is 0.000764. The molecular formula is C124H196O19. The van der Waals surface area contributed by atoms with Gasteiger partial charge in [0.25, 0.3) is 0 Å². The Morgan fingerprint density at radius 2 is 0.573 bits per heavy atom. The van der Waals surface area contributed by atoms with E-state index in [9.17, 15) is 54.3 Å². The van der Waals surface area contributed by atoms with E-state index in [-0.39, 0.29) is 177 Å². The summed E-state index contributed by atoms with van der Waals surface area (Å²) in [5, 5.41) is 53.7. The van der Waals surface area contributed by atoms with Gasteiger partial charge in [0.05, 0.1) is 42.7 Å². The Morgan fingerprint density at radius 3 is 0.965 bits per heavy atom. The SMILES string of the molecule is C=C(C)[C@H]1CCC2C3C(CC[C@@]21C)[C@@]1(C)CC[C@H](O)CC1[C@H]1OC(C)(C)O[C@H]31.C=C(C)[C@H]1CCC2C3C(CC[C@@]21C)[C@@]1(C)CC[C@H](OC(C)=O)CC1[C@@H](O)[C@@H]3O.C=C(C)[C@H]1CCC2C3C(CC[C@@]21C)[C@@]1(C)CC[C@H](OC(C)=O)CC1[C@H]1OC(C)(C)O[C@H]31.C=C(C)[C@H]1CCC2[C@H](C=O)C([C@@]3(C)CC[C@H](OC(C)=O)C[C@@H]3C=O)CC[C@@]21C.C=C(C)[C@H]1CCC2[C@H](CO)C([C@@]3(C)CC[C@H](OC(C)=O)C[C@@H]3CO)CC[C@@]21C. The van der Waals surface area contributed by atoms with Crippen LogP contribution in [0.5, 0.6) is 0 Å². The van der Waals surface area contributed by atoms with Crippen molar-refractivity contribution in [3.63, 3.8) is 0 Å². The third-order valence-electron chi connectivity index (χ3n) is 48.1. The molecule has 2 aliphatic heterocycles. The molecule has 5 N–H and O–H groups in total. The second-order valence-corrected chi connectivity index (χ2v) is 56.0. The highest BCUT2D eigenvalue weighted by molar-refractivity contribution is 5.67. The molecule has 0 aromatic heterocycles. The molecule has 20 aliphatic rings. The highest BCUT2D eigenvalue weighted by Crippen LogP contribution is 2.76. The van der Waals surface area contributed by atoms with Crippen molar-refractivity contribution in [1.29, 1.82) is 0 Å². The van der Waals surface area contributed by atoms with E-state index < -0.39 is 23.8 Å². The van der Waals surface area contributed by atoms with Gasteiger partial charge in [-0.25, -0.2) is 0 Å². The summed E-state index contributed by atoms with van der Waals surface area (Å²) in [6.07, 6.45) is 38.0. The van der Waals surface area contributed by atoms with Crippen LogP contribution in [0.1, 0.15) is 384 Å². The first-order valence-electron chi connectivity index (χ1n) is 57.8. The van der Waals surface area contributed by atoms with Crippen LogP contribution in [0.2, 0.25) is 0 Å². The van der Waals surface area contributed by atoms with Gasteiger partial charge < -0.3 is 73.0 Å². The lowest BCUT2D eigenvalue weighted by atomic mass is 9.43. The average Bonchev–Trinajstić information content (AvgIpc) is 1.56. The number of aliphatic hydroxyl groups excluding tert-OH is 5. The zero-order chi connectivity index (χ0) is 104. The molecule has 2 heterocycles. The predicted octanol–water partition coefficient (Wildman–Crippen LogP) is 24.4. The first-order chi connectivity index (χ1) is 67.0. The summed E-state index contributed by atoms with van der Waals surface area (Å²) in [6, 6.07) is 0. The molecule has 806 valence electrons. The fourth-order valence-electron chi connectivity index (χ4n) is 41.6. The van der Waals surface area contributed by atoms with Crippen LogP contribution >= 0.6 is 0 Å². The standard InChI is InChI=1S/C27H42O4.C25H40O3.C24H38O4.C24H40O4.C24H36O4/c1-15(2)18-8-9-19-22-20(11-13-26(18,19)6)27(7)12-10-17(29-16(3)28)14-21(27)23-24(22)31-25(4,5)30-23;1-14(2)16-7-8-17-20-18(10-12-24(16,17)5)25(6)11-9-15(26)13-19(25)21-22(20)28-23(3,4)27-21;1-13(2)16-6-7-17-20-18(9-11-23(16,17)4)24(5)10-8-15(28-14(3)25)12-19(24)21(26)22(20)27;2*1-15(2)20-6-7-21-19(14-26)22(9-11-24(20,21)5)23(4)10-8-18(28-16(3)27)12-17(23)13-25/h17-24H,1,8-14H2,2-7H3;15-22,26H,1,7-13H2,2-6H3;15-22,26-27H,1,6-12H2,2-5H3;17-22,25-26H,1,6-14H2,2-5H3;13-14,17-22H,1,6-12H2,2-5H3/t17-,18+,19?,20?,21?,22?,23+,24+,26+,27+;15-,16+,17?,18?,19?,20?,21+,22+,24+,25+;15-,16+,17?,18?,19?,20?,21+,22+,23+,24+;2*17-,18+,19+,20-,21?,22?,23+,24-/m00011/s1. The first-order valence-corrected chi connectivity index (χ1v) is 57.8. The van der Waals surface area contributed by atoms with Crippen LogP contribution in [0.4, 0.5) is 0 Å². The van der Waals surface area contributed by atoms with Crippen LogP contribution in [0.25, 0.3) is 0 Å². The number of carbonyl (C=O) groups excluding carboxylic acids is 6. The van der Waals surface area contributed by atoms with E-state index in [0.29, 0.717) is 130 Å². The third kappa shape index (κ3) is 19.4. The lowest BCUT2D eigenvalue weighted by molar-refractivity contribution is -0.224. The summed E-state index contributed by atoms with van der Waals surface area (Å²) in [7, 11) is 0. The number of aldehydes is 2. The van der Waals surface area contributed by atoms with Gasteiger partial charge in [-0.05, 0) is 477 Å². The summed E-state index contributed by atoms with van der Waals surface area (Å²) >= 11 is 0. The van der Waals surface area contributed by atoms with Crippen LogP contribution < -0.4 is 0 Å². The van der Waals surface area contributed by atoms with Gasteiger partial charge in [-0.3, -0.25) is 19.2 Å². The molecule has 0 spiro atoms. The molecule has 20 rings (SSSR count). The number of hydrogen-bond acceptors (Lipinski definition) is 19. The molecule has 20 fully saturated rings. The second kappa shape index (κ2) is 41.2. The smallest absolute Gasteiger partial charge is 0.302 e. The summed E-state index contributed by atoms with van der Waals surface area (Å²) in [4.78, 5) is 70.2. The van der Waals surface area contributed by atoms with Crippen LogP contribution in [-0.2, 0) is 66.7 Å². The Kier molecular flexibility index (Phi) is 32.0. The minimum atomic E-state index is -0.726. The number of ether oxygens (including phenoxy) is 8. The second-order valence-electron chi connectivity index (χ2n) is 56.0. The average molecular weight is 1990 g/mol. The van der Waals surface area contributed by atoms with Crippen molar-refractivity contribution in [2.45, 2.75) is 463 Å². The van der Waals surface area contributed by atoms with Gasteiger partial charge in [-0.15, -0.1) is 0 Å². The van der Waals surface area contributed by atoms with Crippen molar-refractivity contribution >= 4 is 36.4 Å². The fraction of sp³-hybridized carbons (Fsp3) is 0.871. The first kappa shape index (κ1) is 111. The van der Waals surface area contributed by atoms with Gasteiger partial charge in [0.15, 0.2) is 11.6 Å². The fourth-order valence-corrected chi connectivity index (χ4v) is 41.6. The van der Waals surface area contributed by atoms with E-state index in [0.717, 1.165) is 141 Å². The van der Waals surface area contributed by atoms with Crippen molar-refractivity contribution in [3.8, 4) is 0 Å². The van der Waals surface area contributed by atoms with Crippen LogP contribution in [0.15, 0.2) is 60.8 Å². The maximum Gasteiger partial charge on any atom is 0.302 e. The molecule has 0 aromatic rings. The molecule has 19 nitrogen and oxygen atoms in total. The van der Waals surface area contributed by atoms with Gasteiger partial charge in [0, 0.05) is 52.7 Å². The molecule has 0 radical (unpaired) electrons.